The Hall–Kier alpha value is -3.51. The molecule has 0 amide bonds. The summed E-state index contributed by atoms with van der Waals surface area (Å²) in [5.74, 6) is -2.72. The Morgan fingerprint density at radius 1 is 1.06 bits per heavy atom. The van der Waals surface area contributed by atoms with E-state index in [9.17, 15) is 52.3 Å². The van der Waals surface area contributed by atoms with E-state index >= 15 is 0 Å². The molecule has 0 saturated carbocycles. The van der Waals surface area contributed by atoms with Crippen LogP contribution < -0.4 is 4.74 Å². The van der Waals surface area contributed by atoms with Gasteiger partial charge in [0.25, 0.3) is 5.09 Å². The molecule has 1 aliphatic heterocycles. The molecule has 0 bridgehead atoms. The smallest absolute Gasteiger partial charge is 0.475 e. The fourth-order valence-corrected chi connectivity index (χ4v) is 3.11. The van der Waals surface area contributed by atoms with E-state index in [-0.39, 0.29) is 30.7 Å². The maximum Gasteiger partial charge on any atom is 0.511 e. The van der Waals surface area contributed by atoms with Crippen molar-refractivity contribution in [2.75, 3.05) is 20.0 Å². The molecule has 0 saturated heterocycles. The zero-order chi connectivity index (χ0) is 26.7. The second kappa shape index (κ2) is 8.93. The van der Waals surface area contributed by atoms with Gasteiger partial charge in [-0.1, -0.05) is 19.4 Å². The van der Waals surface area contributed by atoms with Crippen LogP contribution in [-0.2, 0) is 23.8 Å². The molecule has 35 heavy (non-hydrogen) atoms. The molecule has 0 radical (unpaired) electrons. The van der Waals surface area contributed by atoms with Gasteiger partial charge in [0.2, 0.25) is 12.9 Å². The molecule has 1 atom stereocenters. The van der Waals surface area contributed by atoms with Gasteiger partial charge < -0.3 is 23.8 Å². The summed E-state index contributed by atoms with van der Waals surface area (Å²) in [5, 5.41) is 8.80. The minimum Gasteiger partial charge on any atom is -0.475 e. The number of carbonyl (C=O) groups is 2. The molecular formula is C16H13F8NO9S. The predicted octanol–water partition coefficient (Wildman–Crippen LogP) is 5.30. The minimum atomic E-state index is -10.2. The molecule has 0 aromatic heterocycles. The molecular weight excluding hydrogens is 534 g/mol. The van der Waals surface area contributed by atoms with Crippen LogP contribution in [0.25, 0.3) is 6.08 Å². The van der Waals surface area contributed by atoms with E-state index in [4.69, 9.17) is 0 Å². The molecule has 0 N–H and O–H groups in total. The van der Waals surface area contributed by atoms with E-state index in [1.54, 1.807) is 0 Å². The van der Waals surface area contributed by atoms with Crippen LogP contribution in [0.2, 0.25) is 0 Å². The number of rotatable bonds is 9. The summed E-state index contributed by atoms with van der Waals surface area (Å²) in [6, 6.07) is -0.100. The Morgan fingerprint density at radius 3 is 2.29 bits per heavy atom. The number of alkyl halides is 3. The Bertz CT molecular complexity index is 1040. The molecule has 1 aromatic rings. The van der Waals surface area contributed by atoms with E-state index in [0.717, 1.165) is 0 Å². The number of hydrogen-bond donors (Lipinski definition) is 0. The average Bonchev–Trinajstić information content (AvgIpc) is 2.69. The number of esters is 1. The van der Waals surface area contributed by atoms with Crippen LogP contribution in [0, 0.1) is 10.1 Å². The van der Waals surface area contributed by atoms with Crippen LogP contribution in [0.1, 0.15) is 12.0 Å². The van der Waals surface area contributed by atoms with Crippen molar-refractivity contribution in [1.82, 2.24) is 0 Å². The number of hydrogen-bond acceptors (Lipinski definition) is 9. The van der Waals surface area contributed by atoms with Crippen LogP contribution in [0.15, 0.2) is 28.7 Å². The zero-order valence-electron chi connectivity index (χ0n) is 16.8. The minimum absolute atomic E-state index is 0.145. The van der Waals surface area contributed by atoms with Crippen LogP contribution in [0.5, 0.6) is 5.75 Å². The lowest BCUT2D eigenvalue weighted by molar-refractivity contribution is -0.757. The quantitative estimate of drug-likeness (QED) is 0.101. The first-order valence-corrected chi connectivity index (χ1v) is 10.8. The molecule has 1 aromatic carbocycles. The second-order valence-electron chi connectivity index (χ2n) is 6.51. The molecule has 1 unspecified atom stereocenters. The number of fused-ring (bicyclic) bond motifs is 1. The largest absolute Gasteiger partial charge is 0.511 e. The monoisotopic (exact) mass is 547 g/mol. The number of nitrogens with zero attached hydrogens (tertiary/aromatic N) is 1. The summed E-state index contributed by atoms with van der Waals surface area (Å²) in [6.45, 7) is -2.20. The van der Waals surface area contributed by atoms with E-state index in [2.05, 4.69) is 23.8 Å². The summed E-state index contributed by atoms with van der Waals surface area (Å²) in [5.41, 5.74) is -2.33. The van der Waals surface area contributed by atoms with Crippen molar-refractivity contribution in [3.63, 3.8) is 0 Å². The Morgan fingerprint density at radius 2 is 1.71 bits per heavy atom. The normalized spacial score (nSPS) is 17.5. The topological polar surface area (TPSA) is 123 Å². The third-order valence-corrected chi connectivity index (χ3v) is 5.01. The van der Waals surface area contributed by atoms with Crippen molar-refractivity contribution in [2.24, 2.45) is 0 Å². The lowest BCUT2D eigenvalue weighted by Gasteiger charge is -2.41. The SMILES string of the molecule is O=C(OCCCO[N+](=O)[O-])OCOC(=O)C1=Cc2cc(S(F)(F)(F)(F)F)ccc2OC1C(F)(F)F. The molecule has 2 rings (SSSR count). The number of ether oxygens (including phenoxy) is 4. The lowest BCUT2D eigenvalue weighted by Crippen LogP contribution is -2.41. The third-order valence-electron chi connectivity index (χ3n) is 3.87. The van der Waals surface area contributed by atoms with Crippen LogP contribution in [0.4, 0.5) is 37.4 Å². The van der Waals surface area contributed by atoms with Gasteiger partial charge in [-0.25, -0.2) is 9.59 Å². The van der Waals surface area contributed by atoms with E-state index < -0.39 is 81.5 Å². The van der Waals surface area contributed by atoms with Gasteiger partial charge in [0.1, 0.15) is 10.6 Å². The second-order valence-corrected chi connectivity index (χ2v) is 8.92. The molecule has 0 aliphatic carbocycles. The summed E-state index contributed by atoms with van der Waals surface area (Å²) >= 11 is 0. The summed E-state index contributed by atoms with van der Waals surface area (Å²) in [7, 11) is -10.2. The lowest BCUT2D eigenvalue weighted by atomic mass is 10.0. The van der Waals surface area contributed by atoms with Crippen LogP contribution in [-0.4, -0.2) is 49.5 Å². The summed E-state index contributed by atoms with van der Waals surface area (Å²) in [6.07, 6.45) is -9.74. The van der Waals surface area contributed by atoms with Gasteiger partial charge in [-0.2, -0.15) is 13.2 Å². The number of halogens is 8. The molecule has 19 heteroatoms. The van der Waals surface area contributed by atoms with E-state index in [1.807, 2.05) is 0 Å². The molecule has 198 valence electrons. The van der Waals surface area contributed by atoms with Gasteiger partial charge in [0.05, 0.1) is 18.8 Å². The highest BCUT2D eigenvalue weighted by Crippen LogP contribution is 3.02. The van der Waals surface area contributed by atoms with Crippen molar-refractivity contribution in [2.45, 2.75) is 23.6 Å². The van der Waals surface area contributed by atoms with Crippen LogP contribution in [0.3, 0.4) is 0 Å². The first-order valence-electron chi connectivity index (χ1n) is 8.85. The van der Waals surface area contributed by atoms with Gasteiger partial charge in [0.15, 0.2) is 0 Å². The summed E-state index contributed by atoms with van der Waals surface area (Å²) < 4.78 is 122. The fraction of sp³-hybridized carbons (Fsp3) is 0.375. The van der Waals surface area contributed by atoms with Gasteiger partial charge in [0, 0.05) is 12.0 Å². The van der Waals surface area contributed by atoms with Crippen molar-refractivity contribution in [3.8, 4) is 5.75 Å². The maximum atomic E-state index is 13.3. The molecule has 0 fully saturated rings. The molecule has 1 heterocycles. The average molecular weight is 547 g/mol. The van der Waals surface area contributed by atoms with Crippen molar-refractivity contribution >= 4 is 28.4 Å². The zero-order valence-corrected chi connectivity index (χ0v) is 17.6. The Kier molecular flexibility index (Phi) is 7.08. The molecule has 0 spiro atoms. The Balaban J connectivity index is 2.11. The van der Waals surface area contributed by atoms with Crippen molar-refractivity contribution in [3.05, 3.63) is 39.4 Å². The van der Waals surface area contributed by atoms with Crippen molar-refractivity contribution < 1.29 is 71.1 Å². The van der Waals surface area contributed by atoms with Crippen molar-refractivity contribution in [1.29, 1.82) is 0 Å². The number of benzene rings is 1. The first kappa shape index (κ1) is 27.7. The highest BCUT2D eigenvalue weighted by molar-refractivity contribution is 8.45. The summed E-state index contributed by atoms with van der Waals surface area (Å²) in [4.78, 5) is 34.7. The molecule has 10 nitrogen and oxygen atoms in total. The van der Waals surface area contributed by atoms with Gasteiger partial charge in [-0.05, 0) is 24.3 Å². The van der Waals surface area contributed by atoms with E-state index in [0.29, 0.717) is 0 Å². The van der Waals surface area contributed by atoms with E-state index in [1.165, 1.54) is 0 Å². The highest BCUT2D eigenvalue weighted by Gasteiger charge is 2.65. The third kappa shape index (κ3) is 8.04. The van der Waals surface area contributed by atoms with Gasteiger partial charge in [-0.15, -0.1) is 10.1 Å². The standard InChI is InChI=1S/C16H13F8NO9S/c17-16(18,19)13-11(14(26)31-8-32-15(27)30-4-1-5-33-25(28)29)7-9-6-10(2-3-12(9)34-13)35(20,21,22,23)24/h2-3,6-7,13H,1,4-5,8H2. The van der Waals surface area contributed by atoms with Crippen LogP contribution >= 0.6 is 10.2 Å². The first-order chi connectivity index (χ1) is 15.8. The fourth-order valence-electron chi connectivity index (χ4n) is 2.44. The maximum absolute atomic E-state index is 13.3. The van der Waals surface area contributed by atoms with Gasteiger partial charge in [-0.3, -0.25) is 0 Å². The Labute approximate surface area is 189 Å². The number of carbonyl (C=O) groups excluding carboxylic acids is 2. The predicted molar refractivity (Wildman–Crippen MR) is 97.2 cm³/mol. The highest BCUT2D eigenvalue weighted by atomic mass is 32.5. The van der Waals surface area contributed by atoms with Gasteiger partial charge >= 0.3 is 28.5 Å². The molecule has 1 aliphatic rings.